The van der Waals surface area contributed by atoms with Crippen LogP contribution >= 0.6 is 0 Å². The number of rotatable bonds is 1. The molecule has 18 heavy (non-hydrogen) atoms. The van der Waals surface area contributed by atoms with Gasteiger partial charge in [0.15, 0.2) is 0 Å². The highest BCUT2D eigenvalue weighted by atomic mass is 16.4. The van der Waals surface area contributed by atoms with Gasteiger partial charge in [-0.25, -0.2) is 0 Å². The molecule has 3 rings (SSSR count). The molecule has 0 bridgehead atoms. The van der Waals surface area contributed by atoms with Gasteiger partial charge in [0, 0.05) is 18.2 Å². The van der Waals surface area contributed by atoms with Crippen molar-refractivity contribution in [2.75, 3.05) is 5.32 Å². The molecule has 5 heteroatoms. The second-order valence-corrected chi connectivity index (χ2v) is 4.97. The standard InChI is InChI=1S/C13H13N3O2/c1-7-15-16-11(18-7)8-4-5-9-10(6-8)14-12(17)13(9,2)3/h4-6H,1-3H3,(H,14,17). The van der Waals surface area contributed by atoms with Crippen molar-refractivity contribution in [1.29, 1.82) is 0 Å². The average Bonchev–Trinajstić information content (AvgIpc) is 2.83. The van der Waals surface area contributed by atoms with Gasteiger partial charge in [0.2, 0.25) is 17.7 Å². The summed E-state index contributed by atoms with van der Waals surface area (Å²) in [5.41, 5.74) is 2.14. The number of nitrogens with zero attached hydrogens (tertiary/aromatic N) is 2. The van der Waals surface area contributed by atoms with Crippen molar-refractivity contribution in [3.05, 3.63) is 29.7 Å². The van der Waals surface area contributed by atoms with Gasteiger partial charge in [-0.2, -0.15) is 0 Å². The van der Waals surface area contributed by atoms with E-state index in [1.807, 2.05) is 32.0 Å². The fourth-order valence-electron chi connectivity index (χ4n) is 2.14. The highest BCUT2D eigenvalue weighted by Crippen LogP contribution is 2.39. The molecule has 0 spiro atoms. The van der Waals surface area contributed by atoms with Gasteiger partial charge in [0.05, 0.1) is 5.41 Å². The number of aromatic nitrogens is 2. The zero-order valence-electron chi connectivity index (χ0n) is 10.4. The Labute approximate surface area is 104 Å². The molecule has 0 atom stereocenters. The highest BCUT2D eigenvalue weighted by molar-refractivity contribution is 6.06. The molecule has 1 amide bonds. The third-order valence-corrected chi connectivity index (χ3v) is 3.28. The Kier molecular flexibility index (Phi) is 2.08. The van der Waals surface area contributed by atoms with Crippen LogP contribution in [0.2, 0.25) is 0 Å². The van der Waals surface area contributed by atoms with Crippen molar-refractivity contribution in [2.24, 2.45) is 0 Å². The van der Waals surface area contributed by atoms with Gasteiger partial charge in [-0.05, 0) is 31.5 Å². The first kappa shape index (κ1) is 11.0. The summed E-state index contributed by atoms with van der Waals surface area (Å²) in [7, 11) is 0. The van der Waals surface area contributed by atoms with Crippen molar-refractivity contribution < 1.29 is 9.21 Å². The van der Waals surface area contributed by atoms with Gasteiger partial charge in [-0.3, -0.25) is 4.79 Å². The monoisotopic (exact) mass is 243 g/mol. The minimum Gasteiger partial charge on any atom is -0.421 e. The van der Waals surface area contributed by atoms with Gasteiger partial charge < -0.3 is 9.73 Å². The van der Waals surface area contributed by atoms with Crippen molar-refractivity contribution in [2.45, 2.75) is 26.2 Å². The van der Waals surface area contributed by atoms with E-state index in [4.69, 9.17) is 4.42 Å². The summed E-state index contributed by atoms with van der Waals surface area (Å²) in [4.78, 5) is 11.8. The summed E-state index contributed by atoms with van der Waals surface area (Å²) in [5, 5.41) is 10.6. The van der Waals surface area contributed by atoms with E-state index in [-0.39, 0.29) is 5.91 Å². The summed E-state index contributed by atoms with van der Waals surface area (Å²) in [6, 6.07) is 5.70. The topological polar surface area (TPSA) is 68.0 Å². The van der Waals surface area contributed by atoms with Crippen molar-refractivity contribution in [3.63, 3.8) is 0 Å². The maximum Gasteiger partial charge on any atom is 0.247 e. The molecule has 1 aliphatic rings. The number of nitrogens with one attached hydrogen (secondary N) is 1. The number of carbonyl (C=O) groups excluding carboxylic acids is 1. The molecule has 92 valence electrons. The number of amides is 1. The van der Waals surface area contributed by atoms with Crippen LogP contribution in [0.4, 0.5) is 5.69 Å². The molecule has 0 unspecified atom stereocenters. The SMILES string of the molecule is Cc1nnc(-c2ccc3c(c2)NC(=O)C3(C)C)o1. The van der Waals surface area contributed by atoms with E-state index in [0.717, 1.165) is 16.8 Å². The average molecular weight is 243 g/mol. The minimum absolute atomic E-state index is 0.0105. The number of carbonyl (C=O) groups is 1. The Balaban J connectivity index is 2.09. The van der Waals surface area contributed by atoms with Crippen molar-refractivity contribution in [3.8, 4) is 11.5 Å². The van der Waals surface area contributed by atoms with Crippen LogP contribution in [0.3, 0.4) is 0 Å². The molecule has 0 saturated heterocycles. The lowest BCUT2D eigenvalue weighted by Gasteiger charge is -2.14. The number of benzene rings is 1. The van der Waals surface area contributed by atoms with Crippen LogP contribution in [0.5, 0.6) is 0 Å². The van der Waals surface area contributed by atoms with Crippen LogP contribution in [0.1, 0.15) is 25.3 Å². The zero-order chi connectivity index (χ0) is 12.9. The molecule has 0 saturated carbocycles. The fourth-order valence-corrected chi connectivity index (χ4v) is 2.14. The van der Waals surface area contributed by atoms with E-state index in [0.29, 0.717) is 11.8 Å². The maximum atomic E-state index is 11.8. The Morgan fingerprint density at radius 2 is 2.06 bits per heavy atom. The predicted molar refractivity (Wildman–Crippen MR) is 66.1 cm³/mol. The highest BCUT2D eigenvalue weighted by Gasteiger charge is 2.38. The largest absolute Gasteiger partial charge is 0.421 e. The smallest absolute Gasteiger partial charge is 0.247 e. The van der Waals surface area contributed by atoms with Crippen LogP contribution < -0.4 is 5.32 Å². The van der Waals surface area contributed by atoms with E-state index in [2.05, 4.69) is 15.5 Å². The molecular weight excluding hydrogens is 230 g/mol. The summed E-state index contributed by atoms with van der Waals surface area (Å²) in [6.45, 7) is 5.56. The van der Waals surface area contributed by atoms with Crippen LogP contribution in [-0.4, -0.2) is 16.1 Å². The number of hydrogen-bond acceptors (Lipinski definition) is 4. The normalized spacial score (nSPS) is 16.5. The summed E-state index contributed by atoms with van der Waals surface area (Å²) < 4.78 is 5.37. The molecule has 1 aromatic heterocycles. The molecule has 1 aromatic carbocycles. The Morgan fingerprint density at radius 1 is 1.28 bits per heavy atom. The fraction of sp³-hybridized carbons (Fsp3) is 0.308. The quantitative estimate of drug-likeness (QED) is 0.834. The van der Waals surface area contributed by atoms with Crippen molar-refractivity contribution in [1.82, 2.24) is 10.2 Å². The van der Waals surface area contributed by atoms with E-state index in [1.165, 1.54) is 0 Å². The Hall–Kier alpha value is -2.17. The first-order valence-corrected chi connectivity index (χ1v) is 5.75. The minimum atomic E-state index is -0.487. The van der Waals surface area contributed by atoms with Gasteiger partial charge in [0.25, 0.3) is 0 Å². The van der Waals surface area contributed by atoms with Gasteiger partial charge in [0.1, 0.15) is 0 Å². The van der Waals surface area contributed by atoms with E-state index < -0.39 is 5.41 Å². The lowest BCUT2D eigenvalue weighted by molar-refractivity contribution is -0.119. The van der Waals surface area contributed by atoms with E-state index >= 15 is 0 Å². The lowest BCUT2D eigenvalue weighted by atomic mass is 9.86. The zero-order valence-corrected chi connectivity index (χ0v) is 10.4. The molecular formula is C13H13N3O2. The number of hydrogen-bond donors (Lipinski definition) is 1. The van der Waals surface area contributed by atoms with E-state index in [1.54, 1.807) is 6.92 Å². The maximum absolute atomic E-state index is 11.8. The third kappa shape index (κ3) is 1.44. The lowest BCUT2D eigenvalue weighted by Crippen LogP contribution is -2.26. The Morgan fingerprint density at radius 3 is 2.72 bits per heavy atom. The van der Waals surface area contributed by atoms with Crippen LogP contribution in [0.15, 0.2) is 22.6 Å². The van der Waals surface area contributed by atoms with Crippen LogP contribution in [-0.2, 0) is 10.2 Å². The summed E-state index contributed by atoms with van der Waals surface area (Å²) in [6.07, 6.45) is 0. The first-order valence-electron chi connectivity index (χ1n) is 5.75. The van der Waals surface area contributed by atoms with Gasteiger partial charge >= 0.3 is 0 Å². The number of aryl methyl sites for hydroxylation is 1. The van der Waals surface area contributed by atoms with Gasteiger partial charge in [-0.15, -0.1) is 10.2 Å². The van der Waals surface area contributed by atoms with Crippen molar-refractivity contribution >= 4 is 11.6 Å². The second-order valence-electron chi connectivity index (χ2n) is 4.97. The molecule has 2 aromatic rings. The van der Waals surface area contributed by atoms with Crippen LogP contribution in [0.25, 0.3) is 11.5 Å². The summed E-state index contributed by atoms with van der Waals surface area (Å²) in [5.74, 6) is 1.00. The van der Waals surface area contributed by atoms with Gasteiger partial charge in [-0.1, -0.05) is 6.07 Å². The molecule has 2 heterocycles. The molecule has 5 nitrogen and oxygen atoms in total. The van der Waals surface area contributed by atoms with Crippen LogP contribution in [0, 0.1) is 6.92 Å². The molecule has 0 aliphatic carbocycles. The number of anilines is 1. The van der Waals surface area contributed by atoms with E-state index in [9.17, 15) is 4.79 Å². The third-order valence-electron chi connectivity index (χ3n) is 3.28. The predicted octanol–water partition coefficient (Wildman–Crippen LogP) is 2.27. The summed E-state index contributed by atoms with van der Waals surface area (Å²) >= 11 is 0. The molecule has 0 radical (unpaired) electrons. The second kappa shape index (κ2) is 3.41. The molecule has 1 aliphatic heterocycles. The first-order chi connectivity index (χ1) is 8.48. The molecule has 1 N–H and O–H groups in total. The number of fused-ring (bicyclic) bond motifs is 1. The Bertz CT molecular complexity index is 643. The molecule has 0 fully saturated rings.